The van der Waals surface area contributed by atoms with Gasteiger partial charge in [0.1, 0.15) is 11.6 Å². The fourth-order valence-corrected chi connectivity index (χ4v) is 5.94. The number of nitrogens with zero attached hydrogens (tertiary/aromatic N) is 2. The summed E-state index contributed by atoms with van der Waals surface area (Å²) in [6, 6.07) is 8.79. The van der Waals surface area contributed by atoms with Gasteiger partial charge in [0, 0.05) is 62.1 Å². The first-order valence-corrected chi connectivity index (χ1v) is 14.6. The molecule has 0 unspecified atom stereocenters. The monoisotopic (exact) mass is 583 g/mol. The van der Waals surface area contributed by atoms with Gasteiger partial charge >= 0.3 is 0 Å². The van der Waals surface area contributed by atoms with Gasteiger partial charge in [-0.25, -0.2) is 8.70 Å². The molecule has 2 aliphatic heterocycles. The zero-order valence-electron chi connectivity index (χ0n) is 22.0. The van der Waals surface area contributed by atoms with Gasteiger partial charge in [0.25, 0.3) is 5.91 Å². The fraction of sp³-hybridized carbons (Fsp3) is 0.536. The molecule has 0 radical (unpaired) electrons. The predicted octanol–water partition coefficient (Wildman–Crippen LogP) is 6.56. The number of benzene rings is 2. The quantitative estimate of drug-likeness (QED) is 0.337. The Kier molecular flexibility index (Phi) is 11.0. The van der Waals surface area contributed by atoms with Crippen LogP contribution < -0.4 is 9.46 Å². The molecule has 0 spiro atoms. The molecule has 1 amide bonds. The van der Waals surface area contributed by atoms with E-state index in [4.69, 9.17) is 27.9 Å². The summed E-state index contributed by atoms with van der Waals surface area (Å²) in [7, 11) is 3.25. The highest BCUT2D eigenvalue weighted by Crippen LogP contribution is 2.45. The van der Waals surface area contributed by atoms with Crippen LogP contribution in [0.1, 0.15) is 59.5 Å². The van der Waals surface area contributed by atoms with Crippen LogP contribution in [0.3, 0.4) is 0 Å². The highest BCUT2D eigenvalue weighted by atomic mass is 35.5. The van der Waals surface area contributed by atoms with Gasteiger partial charge in [0.05, 0.1) is 12.2 Å². The van der Waals surface area contributed by atoms with E-state index in [0.29, 0.717) is 34.2 Å². The Morgan fingerprint density at radius 2 is 1.68 bits per heavy atom. The Morgan fingerprint density at radius 1 is 1.03 bits per heavy atom. The molecule has 2 aromatic carbocycles. The van der Waals surface area contributed by atoms with Crippen molar-refractivity contribution in [1.82, 2.24) is 13.9 Å². The number of hydrogen-bond donors (Lipinski definition) is 1. The summed E-state index contributed by atoms with van der Waals surface area (Å²) in [4.78, 5) is 15.0. The molecule has 6 nitrogen and oxygen atoms in total. The minimum Gasteiger partial charge on any atom is -0.493 e. The molecule has 3 fully saturated rings. The maximum Gasteiger partial charge on any atom is 0.265 e. The molecule has 2 aromatic rings. The molecule has 0 bridgehead atoms. The van der Waals surface area contributed by atoms with Gasteiger partial charge in [-0.1, -0.05) is 23.2 Å². The molecule has 208 valence electrons. The molecule has 5 rings (SSSR count). The van der Waals surface area contributed by atoms with E-state index in [9.17, 15) is 9.18 Å². The normalized spacial score (nSPS) is 18.3. The Balaban J connectivity index is 0.00000107. The topological polar surface area (TPSA) is 54.0 Å². The van der Waals surface area contributed by atoms with E-state index in [1.165, 1.54) is 18.2 Å². The Morgan fingerprint density at radius 3 is 2.26 bits per heavy atom. The SMILES string of the molecule is COC.O=C(NSN1CCC1)c1cc(C2CC2)c(OCC2CCN(Cc3cc(Cl)cc(Cl)c3)CC2)cc1F. The van der Waals surface area contributed by atoms with Crippen LogP contribution in [0, 0.1) is 11.7 Å². The molecule has 1 aliphatic carbocycles. The number of rotatable bonds is 9. The van der Waals surface area contributed by atoms with Crippen molar-refractivity contribution in [3.63, 3.8) is 0 Å². The number of carbonyl (C=O) groups is 1. The summed E-state index contributed by atoms with van der Waals surface area (Å²) in [6.45, 7) is 5.21. The lowest BCUT2D eigenvalue weighted by molar-refractivity contribution is 0.0978. The number of methoxy groups -OCH3 is 1. The number of carbonyl (C=O) groups excluding carboxylic acids is 1. The van der Waals surface area contributed by atoms with Crippen LogP contribution >= 0.6 is 35.3 Å². The predicted molar refractivity (Wildman–Crippen MR) is 153 cm³/mol. The van der Waals surface area contributed by atoms with Gasteiger partial charge in [-0.15, -0.1) is 0 Å². The van der Waals surface area contributed by atoms with Crippen molar-refractivity contribution in [1.29, 1.82) is 0 Å². The van der Waals surface area contributed by atoms with Gasteiger partial charge in [-0.05, 0) is 92.4 Å². The standard InChI is InChI=1S/C26H30Cl2FN3O2S.C2H6O/c27-20-10-18(11-21(28)12-20)15-31-8-4-17(5-9-31)16-34-25-14-24(29)23(13-22(25)19-2-3-19)26(33)30-35-32-6-1-7-32;1-3-2/h10-14,17,19H,1-9,15-16H2,(H,30,33);1-2H3. The minimum atomic E-state index is -0.527. The number of ether oxygens (including phenoxy) is 2. The second-order valence-electron chi connectivity index (χ2n) is 10.2. The molecule has 3 aliphatic rings. The summed E-state index contributed by atoms with van der Waals surface area (Å²) in [6.07, 6.45) is 5.27. The van der Waals surface area contributed by atoms with Gasteiger partial charge in [-0.3, -0.25) is 14.4 Å². The first-order valence-electron chi connectivity index (χ1n) is 13.1. The van der Waals surface area contributed by atoms with Crippen molar-refractivity contribution in [2.45, 2.75) is 44.6 Å². The maximum atomic E-state index is 14.9. The molecule has 2 saturated heterocycles. The number of likely N-dealkylation sites (tertiary alicyclic amines) is 1. The summed E-state index contributed by atoms with van der Waals surface area (Å²) in [5, 5.41) is 1.32. The van der Waals surface area contributed by atoms with E-state index in [1.54, 1.807) is 26.4 Å². The zero-order chi connectivity index (χ0) is 27.1. The number of piperidine rings is 1. The van der Waals surface area contributed by atoms with Crippen molar-refractivity contribution < 1.29 is 18.7 Å². The molecule has 0 atom stereocenters. The van der Waals surface area contributed by atoms with Crippen LogP contribution in [0.4, 0.5) is 4.39 Å². The van der Waals surface area contributed by atoms with Crippen LogP contribution in [0.25, 0.3) is 0 Å². The van der Waals surface area contributed by atoms with Crippen molar-refractivity contribution in [3.8, 4) is 5.75 Å². The van der Waals surface area contributed by atoms with Crippen molar-refractivity contribution in [3.05, 3.63) is 62.9 Å². The molecule has 2 heterocycles. The van der Waals surface area contributed by atoms with Gasteiger partial charge in [0.15, 0.2) is 0 Å². The van der Waals surface area contributed by atoms with Crippen LogP contribution in [-0.2, 0) is 11.3 Å². The zero-order valence-corrected chi connectivity index (χ0v) is 24.3. The highest BCUT2D eigenvalue weighted by molar-refractivity contribution is 7.95. The molecule has 10 heteroatoms. The van der Waals surface area contributed by atoms with Crippen LogP contribution in [0.15, 0.2) is 30.3 Å². The van der Waals surface area contributed by atoms with Crippen LogP contribution in [-0.4, -0.2) is 62.1 Å². The van der Waals surface area contributed by atoms with Gasteiger partial charge in [-0.2, -0.15) is 0 Å². The van der Waals surface area contributed by atoms with E-state index < -0.39 is 5.82 Å². The molecule has 1 saturated carbocycles. The third-order valence-electron chi connectivity index (χ3n) is 6.95. The van der Waals surface area contributed by atoms with E-state index in [2.05, 4.69) is 14.4 Å². The Bertz CT molecular complexity index is 1070. The van der Waals surface area contributed by atoms with E-state index in [-0.39, 0.29) is 11.5 Å². The Labute approximate surface area is 239 Å². The van der Waals surface area contributed by atoms with Crippen molar-refractivity contribution >= 4 is 41.2 Å². The smallest absolute Gasteiger partial charge is 0.265 e. The third-order valence-corrected chi connectivity index (χ3v) is 8.29. The lowest BCUT2D eigenvalue weighted by Crippen LogP contribution is -2.35. The first kappa shape index (κ1) is 29.4. The van der Waals surface area contributed by atoms with Crippen molar-refractivity contribution in [2.75, 3.05) is 47.0 Å². The van der Waals surface area contributed by atoms with Crippen LogP contribution in [0.5, 0.6) is 5.75 Å². The summed E-state index contributed by atoms with van der Waals surface area (Å²) in [5.74, 6) is 0.446. The van der Waals surface area contributed by atoms with Gasteiger partial charge < -0.3 is 9.47 Å². The number of halogens is 3. The number of nitrogens with one attached hydrogen (secondary N) is 1. The average molecular weight is 585 g/mol. The highest BCUT2D eigenvalue weighted by Gasteiger charge is 2.30. The molecule has 38 heavy (non-hydrogen) atoms. The van der Waals surface area contributed by atoms with Crippen LogP contribution in [0.2, 0.25) is 10.0 Å². The second kappa shape index (κ2) is 14.2. The lowest BCUT2D eigenvalue weighted by Gasteiger charge is -2.32. The largest absolute Gasteiger partial charge is 0.493 e. The average Bonchev–Trinajstić information content (AvgIpc) is 3.68. The maximum absolute atomic E-state index is 14.9. The first-order chi connectivity index (χ1) is 18.4. The van der Waals surface area contributed by atoms with Crippen molar-refractivity contribution in [2.24, 2.45) is 5.92 Å². The van der Waals surface area contributed by atoms with E-state index in [1.807, 2.05) is 16.4 Å². The summed E-state index contributed by atoms with van der Waals surface area (Å²) in [5.41, 5.74) is 2.18. The van der Waals surface area contributed by atoms with E-state index in [0.717, 1.165) is 76.0 Å². The van der Waals surface area contributed by atoms with E-state index >= 15 is 0 Å². The molecular formula is C28H36Cl2FN3O3S. The summed E-state index contributed by atoms with van der Waals surface area (Å²) >= 11 is 13.5. The lowest BCUT2D eigenvalue weighted by atomic mass is 9.97. The fourth-order valence-electron chi connectivity index (χ4n) is 4.60. The van der Waals surface area contributed by atoms with Gasteiger partial charge in [0.2, 0.25) is 0 Å². The molecule has 1 N–H and O–H groups in total. The molecule has 0 aromatic heterocycles. The minimum absolute atomic E-state index is 0.0988. The number of amides is 1. The molecular weight excluding hydrogens is 548 g/mol. The summed E-state index contributed by atoms with van der Waals surface area (Å²) < 4.78 is 30.1. The Hall–Kier alpha value is -1.55. The third kappa shape index (κ3) is 8.47. The number of hydrogen-bond acceptors (Lipinski definition) is 6. The second-order valence-corrected chi connectivity index (χ2v) is 11.9.